The highest BCUT2D eigenvalue weighted by atomic mass is 16.5. The van der Waals surface area contributed by atoms with Crippen LogP contribution < -0.4 is 4.74 Å². The van der Waals surface area contributed by atoms with Gasteiger partial charge in [0.2, 0.25) is 5.91 Å². The predicted molar refractivity (Wildman–Crippen MR) is 138 cm³/mol. The van der Waals surface area contributed by atoms with E-state index in [2.05, 4.69) is 9.88 Å². The fourth-order valence-electron chi connectivity index (χ4n) is 5.33. The van der Waals surface area contributed by atoms with E-state index in [4.69, 9.17) is 9.47 Å². The molecule has 2 saturated heterocycles. The van der Waals surface area contributed by atoms with Gasteiger partial charge >= 0.3 is 0 Å². The maximum Gasteiger partial charge on any atom is 0.270 e. The summed E-state index contributed by atoms with van der Waals surface area (Å²) in [6.07, 6.45) is 2.27. The number of ether oxygens (including phenoxy) is 2. The van der Waals surface area contributed by atoms with Crippen molar-refractivity contribution >= 4 is 22.7 Å². The lowest BCUT2D eigenvalue weighted by atomic mass is 10.0. The number of hydrogen-bond donors (Lipinski definition) is 1. The highest BCUT2D eigenvalue weighted by Crippen LogP contribution is 2.24. The molecule has 1 N–H and O–H groups in total. The van der Waals surface area contributed by atoms with Crippen LogP contribution in [0.2, 0.25) is 0 Å². The van der Waals surface area contributed by atoms with Crippen molar-refractivity contribution < 1.29 is 19.1 Å². The minimum absolute atomic E-state index is 0.0204. The van der Waals surface area contributed by atoms with Crippen molar-refractivity contribution in [3.63, 3.8) is 0 Å². The molecular formula is C28H34N4O4. The van der Waals surface area contributed by atoms with Gasteiger partial charge in [0.1, 0.15) is 18.0 Å². The molecule has 2 aromatic carbocycles. The topological polar surface area (TPSA) is 78.1 Å². The van der Waals surface area contributed by atoms with Gasteiger partial charge in [0.05, 0.1) is 19.3 Å². The molecule has 0 radical (unpaired) electrons. The van der Waals surface area contributed by atoms with E-state index in [9.17, 15) is 9.59 Å². The molecule has 8 nitrogen and oxygen atoms in total. The zero-order valence-electron chi connectivity index (χ0n) is 21.0. The van der Waals surface area contributed by atoms with Crippen LogP contribution in [0.15, 0.2) is 54.6 Å². The Bertz CT molecular complexity index is 1200. The average Bonchev–Trinajstić information content (AvgIpc) is 3.34. The molecule has 36 heavy (non-hydrogen) atoms. The van der Waals surface area contributed by atoms with Gasteiger partial charge in [-0.05, 0) is 42.7 Å². The van der Waals surface area contributed by atoms with E-state index in [-0.39, 0.29) is 24.4 Å². The lowest BCUT2D eigenvalue weighted by Crippen LogP contribution is -2.61. The molecule has 1 aromatic heterocycles. The smallest absolute Gasteiger partial charge is 0.270 e. The molecule has 0 aliphatic carbocycles. The summed E-state index contributed by atoms with van der Waals surface area (Å²) in [7, 11) is 3.39. The summed E-state index contributed by atoms with van der Waals surface area (Å²) < 4.78 is 10.8. The van der Waals surface area contributed by atoms with Gasteiger partial charge in [-0.25, -0.2) is 0 Å². The maximum absolute atomic E-state index is 13.5. The van der Waals surface area contributed by atoms with Crippen LogP contribution in [0.25, 0.3) is 10.9 Å². The number of carbonyl (C=O) groups is 2. The SMILES string of the molecule is COc1ccc2[nH]c(C(=O)N3CC(=O)N(Cc4ccccc4)[C@@H](CN4CCC(OC)CC4)C3)cc2c1. The number of fused-ring (bicyclic) bond motifs is 1. The van der Waals surface area contributed by atoms with Crippen LogP contribution in [0.1, 0.15) is 28.9 Å². The lowest BCUT2D eigenvalue weighted by Gasteiger charge is -2.44. The summed E-state index contributed by atoms with van der Waals surface area (Å²) in [5, 5.41) is 0.907. The summed E-state index contributed by atoms with van der Waals surface area (Å²) in [5.41, 5.74) is 2.45. The number of piperidine rings is 1. The van der Waals surface area contributed by atoms with E-state index < -0.39 is 0 Å². The first kappa shape index (κ1) is 24.3. The van der Waals surface area contributed by atoms with Crippen molar-refractivity contribution in [3.8, 4) is 5.75 Å². The summed E-state index contributed by atoms with van der Waals surface area (Å²) in [5.74, 6) is 0.566. The number of likely N-dealkylation sites (tertiary alicyclic amines) is 1. The first-order valence-electron chi connectivity index (χ1n) is 12.6. The van der Waals surface area contributed by atoms with Crippen molar-refractivity contribution in [2.45, 2.75) is 31.5 Å². The fourth-order valence-corrected chi connectivity index (χ4v) is 5.33. The Kier molecular flexibility index (Phi) is 7.25. The van der Waals surface area contributed by atoms with E-state index in [1.807, 2.05) is 59.5 Å². The van der Waals surface area contributed by atoms with Gasteiger partial charge in [0.25, 0.3) is 5.91 Å². The van der Waals surface area contributed by atoms with Crippen LogP contribution in [0.4, 0.5) is 0 Å². The van der Waals surface area contributed by atoms with Crippen LogP contribution >= 0.6 is 0 Å². The number of benzene rings is 2. The number of carbonyl (C=O) groups excluding carboxylic acids is 2. The van der Waals surface area contributed by atoms with Crippen LogP contribution in [0.5, 0.6) is 5.75 Å². The molecule has 2 fully saturated rings. The molecule has 8 heteroatoms. The Morgan fingerprint density at radius 3 is 2.56 bits per heavy atom. The number of amides is 2. The summed E-state index contributed by atoms with van der Waals surface area (Å²) in [6, 6.07) is 17.5. The highest BCUT2D eigenvalue weighted by molar-refractivity contribution is 6.00. The Morgan fingerprint density at radius 1 is 1.06 bits per heavy atom. The van der Waals surface area contributed by atoms with Gasteiger partial charge in [-0.1, -0.05) is 30.3 Å². The molecule has 1 atom stereocenters. The van der Waals surface area contributed by atoms with Gasteiger partial charge < -0.3 is 29.2 Å². The van der Waals surface area contributed by atoms with E-state index in [0.717, 1.165) is 54.7 Å². The van der Waals surface area contributed by atoms with Crippen molar-refractivity contribution in [3.05, 3.63) is 65.9 Å². The number of rotatable bonds is 7. The van der Waals surface area contributed by atoms with Gasteiger partial charge in [-0.15, -0.1) is 0 Å². The molecule has 3 aromatic rings. The highest BCUT2D eigenvalue weighted by Gasteiger charge is 2.37. The minimum atomic E-state index is -0.152. The summed E-state index contributed by atoms with van der Waals surface area (Å²) >= 11 is 0. The van der Waals surface area contributed by atoms with Crippen LogP contribution in [-0.2, 0) is 16.1 Å². The number of nitrogens with zero attached hydrogens (tertiary/aromatic N) is 3. The Labute approximate surface area is 211 Å². The summed E-state index contributed by atoms with van der Waals surface area (Å²) in [4.78, 5) is 36.2. The number of methoxy groups -OCH3 is 2. The van der Waals surface area contributed by atoms with Gasteiger partial charge in [-0.3, -0.25) is 9.59 Å². The molecule has 5 rings (SSSR count). The minimum Gasteiger partial charge on any atom is -0.497 e. The molecule has 190 valence electrons. The van der Waals surface area contributed by atoms with Gasteiger partial charge in [0, 0.05) is 50.7 Å². The summed E-state index contributed by atoms with van der Waals surface area (Å²) in [6.45, 7) is 3.73. The largest absolute Gasteiger partial charge is 0.497 e. The van der Waals surface area contributed by atoms with E-state index in [1.54, 1.807) is 19.1 Å². The van der Waals surface area contributed by atoms with Gasteiger partial charge in [-0.2, -0.15) is 0 Å². The number of aromatic nitrogens is 1. The molecule has 0 unspecified atom stereocenters. The molecule has 3 heterocycles. The first-order valence-corrected chi connectivity index (χ1v) is 12.6. The Morgan fingerprint density at radius 2 is 1.83 bits per heavy atom. The molecule has 0 saturated carbocycles. The normalized spacial score (nSPS) is 19.7. The number of hydrogen-bond acceptors (Lipinski definition) is 5. The quantitative estimate of drug-likeness (QED) is 0.551. The second-order valence-corrected chi connectivity index (χ2v) is 9.72. The standard InChI is InChI=1S/C28H34N4O4/c1-35-23-10-12-30(13-11-23)17-22-18-31(19-27(33)32(22)16-20-6-4-3-5-7-20)28(34)26-15-21-14-24(36-2)8-9-25(21)29-26/h3-9,14-15,22-23,29H,10-13,16-19H2,1-2H3/t22-/m0/s1. The third-order valence-electron chi connectivity index (χ3n) is 7.40. The average molecular weight is 491 g/mol. The van der Waals surface area contributed by atoms with E-state index >= 15 is 0 Å². The first-order chi connectivity index (χ1) is 17.5. The molecule has 0 bridgehead atoms. The number of nitrogens with one attached hydrogen (secondary N) is 1. The van der Waals surface area contributed by atoms with Crippen LogP contribution in [0, 0.1) is 0 Å². The Hall–Kier alpha value is -3.36. The second kappa shape index (κ2) is 10.7. The molecular weight excluding hydrogens is 456 g/mol. The number of aromatic amines is 1. The molecule has 2 aliphatic rings. The monoisotopic (exact) mass is 490 g/mol. The van der Waals surface area contributed by atoms with E-state index in [0.29, 0.717) is 24.9 Å². The third kappa shape index (κ3) is 5.24. The maximum atomic E-state index is 13.5. The molecule has 0 spiro atoms. The Balaban J connectivity index is 1.35. The number of H-pyrrole nitrogens is 1. The third-order valence-corrected chi connectivity index (χ3v) is 7.40. The van der Waals surface area contributed by atoms with Gasteiger partial charge in [0.15, 0.2) is 0 Å². The number of piperazine rings is 1. The lowest BCUT2D eigenvalue weighted by molar-refractivity contribution is -0.140. The molecule has 2 aliphatic heterocycles. The second-order valence-electron chi connectivity index (χ2n) is 9.72. The van der Waals surface area contributed by atoms with Crippen LogP contribution in [-0.4, -0.2) is 90.6 Å². The van der Waals surface area contributed by atoms with Crippen molar-refractivity contribution in [1.29, 1.82) is 0 Å². The van der Waals surface area contributed by atoms with Crippen molar-refractivity contribution in [2.24, 2.45) is 0 Å². The fraction of sp³-hybridized carbons (Fsp3) is 0.429. The van der Waals surface area contributed by atoms with Crippen molar-refractivity contribution in [1.82, 2.24) is 19.7 Å². The van der Waals surface area contributed by atoms with E-state index in [1.165, 1.54) is 0 Å². The van der Waals surface area contributed by atoms with Crippen LogP contribution in [0.3, 0.4) is 0 Å². The predicted octanol–water partition coefficient (Wildman–Crippen LogP) is 3.14. The van der Waals surface area contributed by atoms with Crippen molar-refractivity contribution in [2.75, 3.05) is 46.9 Å². The zero-order chi connectivity index (χ0) is 25.1. The zero-order valence-corrected chi connectivity index (χ0v) is 21.0. The molecule has 2 amide bonds.